The van der Waals surface area contributed by atoms with Crippen LogP contribution >= 0.6 is 0 Å². The Labute approximate surface area is 156 Å². The third kappa shape index (κ3) is 4.42. The highest BCUT2D eigenvalue weighted by molar-refractivity contribution is 7.89. The second-order valence-electron chi connectivity index (χ2n) is 6.14. The molecule has 2 aromatic carbocycles. The van der Waals surface area contributed by atoms with E-state index in [1.165, 1.54) is 12.1 Å². The summed E-state index contributed by atoms with van der Waals surface area (Å²) in [6.45, 7) is 0.520. The highest BCUT2D eigenvalue weighted by atomic mass is 32.2. The molecule has 3 N–H and O–H groups in total. The van der Waals surface area contributed by atoms with E-state index in [2.05, 4.69) is 5.32 Å². The first-order chi connectivity index (χ1) is 12.9. The van der Waals surface area contributed by atoms with Crippen molar-refractivity contribution in [2.75, 3.05) is 6.54 Å². The summed E-state index contributed by atoms with van der Waals surface area (Å²) in [4.78, 5) is 23.4. The standard InChI is InChI=1S/C19H19N3O4S/c20-27(25,26)16-7-5-14(6-8-16)9-10-21-19(24)12-22-11-15(13-23)17-3-1-2-4-18(17)22/h1-8,11,13H,9-10,12H2,(H,21,24)(H2,20,25,26). The Kier molecular flexibility index (Phi) is 5.38. The summed E-state index contributed by atoms with van der Waals surface area (Å²) in [6.07, 6.45) is 3.01. The number of rotatable bonds is 7. The summed E-state index contributed by atoms with van der Waals surface area (Å²) in [5, 5.41) is 8.70. The van der Waals surface area contributed by atoms with Crippen molar-refractivity contribution in [2.24, 2.45) is 5.14 Å². The van der Waals surface area contributed by atoms with Gasteiger partial charge in [0, 0.05) is 29.2 Å². The Morgan fingerprint density at radius 2 is 1.81 bits per heavy atom. The van der Waals surface area contributed by atoms with Crippen molar-refractivity contribution in [3.63, 3.8) is 0 Å². The van der Waals surface area contributed by atoms with Gasteiger partial charge in [0.25, 0.3) is 0 Å². The topological polar surface area (TPSA) is 111 Å². The Balaban J connectivity index is 1.58. The van der Waals surface area contributed by atoms with Crippen molar-refractivity contribution in [2.45, 2.75) is 17.9 Å². The lowest BCUT2D eigenvalue weighted by molar-refractivity contribution is -0.121. The fraction of sp³-hybridized carbons (Fsp3) is 0.158. The molecule has 0 saturated heterocycles. The van der Waals surface area contributed by atoms with Crippen molar-refractivity contribution in [1.82, 2.24) is 9.88 Å². The van der Waals surface area contributed by atoms with E-state index >= 15 is 0 Å². The summed E-state index contributed by atoms with van der Waals surface area (Å²) in [5.74, 6) is -0.172. The summed E-state index contributed by atoms with van der Waals surface area (Å²) in [6, 6.07) is 13.6. The number of aromatic nitrogens is 1. The summed E-state index contributed by atoms with van der Waals surface area (Å²) < 4.78 is 24.2. The number of nitrogens with one attached hydrogen (secondary N) is 1. The van der Waals surface area contributed by atoms with Crippen LogP contribution in [0.2, 0.25) is 0 Å². The second-order valence-corrected chi connectivity index (χ2v) is 7.70. The maximum Gasteiger partial charge on any atom is 0.239 e. The number of nitrogens with two attached hydrogens (primary N) is 1. The van der Waals surface area contributed by atoms with Gasteiger partial charge < -0.3 is 9.88 Å². The van der Waals surface area contributed by atoms with Crippen molar-refractivity contribution < 1.29 is 18.0 Å². The number of aldehydes is 1. The number of benzene rings is 2. The molecule has 3 aromatic rings. The first kappa shape index (κ1) is 18.8. The third-order valence-corrected chi connectivity index (χ3v) is 5.18. The molecule has 0 aliphatic heterocycles. The van der Waals surface area contributed by atoms with Crippen LogP contribution in [0.3, 0.4) is 0 Å². The molecule has 27 heavy (non-hydrogen) atoms. The molecule has 0 aliphatic carbocycles. The number of amides is 1. The van der Waals surface area contributed by atoms with E-state index in [9.17, 15) is 18.0 Å². The van der Waals surface area contributed by atoms with Crippen LogP contribution in [0.15, 0.2) is 59.6 Å². The van der Waals surface area contributed by atoms with Crippen LogP contribution in [-0.2, 0) is 27.8 Å². The molecule has 8 heteroatoms. The zero-order chi connectivity index (χ0) is 19.4. The first-order valence-electron chi connectivity index (χ1n) is 8.30. The molecule has 0 bridgehead atoms. The van der Waals surface area contributed by atoms with Gasteiger partial charge in [-0.1, -0.05) is 30.3 Å². The average molecular weight is 385 g/mol. The average Bonchev–Trinajstić information content (AvgIpc) is 2.99. The molecule has 0 saturated carbocycles. The van der Waals surface area contributed by atoms with Crippen molar-refractivity contribution in [3.05, 3.63) is 65.9 Å². The number of carbonyl (C=O) groups is 2. The minimum absolute atomic E-state index is 0.0563. The van der Waals surface area contributed by atoms with Gasteiger partial charge in [-0.2, -0.15) is 0 Å². The largest absolute Gasteiger partial charge is 0.354 e. The normalized spacial score (nSPS) is 11.4. The number of primary sulfonamides is 1. The van der Waals surface area contributed by atoms with Gasteiger partial charge in [0.1, 0.15) is 6.54 Å². The van der Waals surface area contributed by atoms with E-state index in [4.69, 9.17) is 5.14 Å². The fourth-order valence-electron chi connectivity index (χ4n) is 2.90. The zero-order valence-corrected chi connectivity index (χ0v) is 15.3. The SMILES string of the molecule is NS(=O)(=O)c1ccc(CCNC(=O)Cn2cc(C=O)c3ccccc32)cc1. The molecule has 0 atom stereocenters. The van der Waals surface area contributed by atoms with Crippen LogP contribution in [0, 0.1) is 0 Å². The predicted octanol–water partition coefficient (Wildman–Crippen LogP) is 1.46. The smallest absolute Gasteiger partial charge is 0.239 e. The first-order valence-corrected chi connectivity index (χ1v) is 9.84. The lowest BCUT2D eigenvalue weighted by Crippen LogP contribution is -2.29. The molecule has 0 spiro atoms. The van der Waals surface area contributed by atoms with Crippen LogP contribution in [0.1, 0.15) is 15.9 Å². The van der Waals surface area contributed by atoms with Gasteiger partial charge in [-0.25, -0.2) is 13.6 Å². The molecular weight excluding hydrogens is 366 g/mol. The molecule has 0 aliphatic rings. The minimum Gasteiger partial charge on any atom is -0.354 e. The molecule has 7 nitrogen and oxygen atoms in total. The Bertz CT molecular complexity index is 1090. The van der Waals surface area contributed by atoms with E-state index < -0.39 is 10.0 Å². The number of para-hydroxylation sites is 1. The van der Waals surface area contributed by atoms with Crippen molar-refractivity contribution in [1.29, 1.82) is 0 Å². The quantitative estimate of drug-likeness (QED) is 0.600. The molecular formula is C19H19N3O4S. The number of nitrogens with zero attached hydrogens (tertiary/aromatic N) is 1. The fourth-order valence-corrected chi connectivity index (χ4v) is 3.42. The van der Waals surface area contributed by atoms with Gasteiger partial charge in [0.2, 0.25) is 15.9 Å². The van der Waals surface area contributed by atoms with Gasteiger partial charge in [0.15, 0.2) is 6.29 Å². The summed E-state index contributed by atoms with van der Waals surface area (Å²) in [5.41, 5.74) is 2.26. The number of sulfonamides is 1. The monoisotopic (exact) mass is 385 g/mol. The van der Waals surface area contributed by atoms with E-state index in [0.29, 0.717) is 18.5 Å². The molecule has 1 aromatic heterocycles. The third-order valence-electron chi connectivity index (χ3n) is 4.25. The number of hydrogen-bond acceptors (Lipinski definition) is 4. The van der Waals surface area contributed by atoms with Gasteiger partial charge >= 0.3 is 0 Å². The molecule has 3 rings (SSSR count). The number of fused-ring (bicyclic) bond motifs is 1. The number of hydrogen-bond donors (Lipinski definition) is 2. The Hall–Kier alpha value is -2.97. The molecule has 1 amide bonds. The molecule has 0 fully saturated rings. The lowest BCUT2D eigenvalue weighted by atomic mass is 10.1. The van der Waals surface area contributed by atoms with Crippen molar-refractivity contribution in [3.8, 4) is 0 Å². The van der Waals surface area contributed by atoms with E-state index in [0.717, 1.165) is 22.8 Å². The van der Waals surface area contributed by atoms with E-state index in [1.807, 2.05) is 24.3 Å². The van der Waals surface area contributed by atoms with E-state index in [-0.39, 0.29) is 17.3 Å². The zero-order valence-electron chi connectivity index (χ0n) is 14.5. The minimum atomic E-state index is -3.70. The van der Waals surface area contributed by atoms with Crippen LogP contribution in [0.25, 0.3) is 10.9 Å². The predicted molar refractivity (Wildman–Crippen MR) is 102 cm³/mol. The molecule has 1 heterocycles. The summed E-state index contributed by atoms with van der Waals surface area (Å²) >= 11 is 0. The highest BCUT2D eigenvalue weighted by Crippen LogP contribution is 2.19. The number of carbonyl (C=O) groups excluding carboxylic acids is 2. The van der Waals surface area contributed by atoms with Gasteiger partial charge in [-0.15, -0.1) is 0 Å². The van der Waals surface area contributed by atoms with Gasteiger partial charge in [-0.05, 0) is 30.2 Å². The Morgan fingerprint density at radius 3 is 2.48 bits per heavy atom. The maximum absolute atomic E-state index is 12.2. The second kappa shape index (κ2) is 7.73. The molecule has 0 unspecified atom stereocenters. The van der Waals surface area contributed by atoms with Crippen LogP contribution in [0.4, 0.5) is 0 Å². The van der Waals surface area contributed by atoms with Crippen LogP contribution in [-0.4, -0.2) is 31.7 Å². The van der Waals surface area contributed by atoms with Gasteiger partial charge in [0.05, 0.1) is 4.90 Å². The van der Waals surface area contributed by atoms with Crippen LogP contribution in [0.5, 0.6) is 0 Å². The highest BCUT2D eigenvalue weighted by Gasteiger charge is 2.10. The van der Waals surface area contributed by atoms with Crippen LogP contribution < -0.4 is 10.5 Å². The Morgan fingerprint density at radius 1 is 1.11 bits per heavy atom. The summed E-state index contributed by atoms with van der Waals surface area (Å²) in [7, 11) is -3.70. The van der Waals surface area contributed by atoms with Crippen molar-refractivity contribution >= 4 is 33.1 Å². The maximum atomic E-state index is 12.2. The molecule has 140 valence electrons. The lowest BCUT2D eigenvalue weighted by Gasteiger charge is -2.08. The molecule has 0 radical (unpaired) electrons. The van der Waals surface area contributed by atoms with Gasteiger partial charge in [-0.3, -0.25) is 9.59 Å². The van der Waals surface area contributed by atoms with E-state index in [1.54, 1.807) is 22.9 Å².